The molecule has 1 N–H and O–H groups in total. The summed E-state index contributed by atoms with van der Waals surface area (Å²) in [5, 5.41) is 0. The summed E-state index contributed by atoms with van der Waals surface area (Å²) < 4.78 is 28.9. The lowest BCUT2D eigenvalue weighted by Crippen LogP contribution is -2.13. The second-order valence-electron chi connectivity index (χ2n) is 4.71. The number of imidazole rings is 1. The summed E-state index contributed by atoms with van der Waals surface area (Å²) in [4.78, 5) is 2.93. The van der Waals surface area contributed by atoms with Gasteiger partial charge in [-0.05, 0) is 25.1 Å². The van der Waals surface area contributed by atoms with Gasteiger partial charge in [0.05, 0.1) is 11.0 Å². The summed E-state index contributed by atoms with van der Waals surface area (Å²) in [7, 11) is 0. The van der Waals surface area contributed by atoms with Gasteiger partial charge in [0.2, 0.25) is 0 Å². The molecular weight excluding hydrogens is 254 g/mol. The first-order valence-electron chi connectivity index (χ1n) is 6.05. The number of hydrogen-bond acceptors (Lipinski definition) is 1. The fourth-order valence-corrected chi connectivity index (χ4v) is 2.50. The summed E-state index contributed by atoms with van der Waals surface area (Å²) in [6.07, 6.45) is 0.999. The lowest BCUT2D eigenvalue weighted by molar-refractivity contribution is 0.374. The molecule has 0 spiro atoms. The smallest absolute Gasteiger partial charge is 0.178 e. The highest BCUT2D eigenvalue weighted by Gasteiger charge is 2.17. The Balaban J connectivity index is 2.67. The van der Waals surface area contributed by atoms with Crippen LogP contribution in [0.15, 0.2) is 12.1 Å². The van der Waals surface area contributed by atoms with Crippen molar-refractivity contribution in [2.45, 2.75) is 33.2 Å². The third-order valence-corrected chi connectivity index (χ3v) is 3.93. The Morgan fingerprint density at radius 2 is 1.89 bits per heavy atom. The molecule has 0 amide bonds. The van der Waals surface area contributed by atoms with E-state index in [-0.39, 0.29) is 6.04 Å². The predicted octanol–water partition coefficient (Wildman–Crippen LogP) is 4.58. The molecule has 1 aromatic heterocycles. The number of halogens is 2. The molecule has 0 saturated carbocycles. The van der Waals surface area contributed by atoms with Gasteiger partial charge in [-0.15, -0.1) is 0 Å². The fourth-order valence-electron chi connectivity index (χ4n) is 2.12. The minimum Gasteiger partial charge on any atom is -0.330 e. The molecule has 2 atom stereocenters. The predicted molar refractivity (Wildman–Crippen MR) is 71.2 cm³/mol. The molecule has 0 bridgehead atoms. The third-order valence-electron chi connectivity index (χ3n) is 3.63. The number of benzene rings is 1. The molecular formula is C13H16F2N2S. The highest BCUT2D eigenvalue weighted by Crippen LogP contribution is 2.27. The van der Waals surface area contributed by atoms with E-state index in [1.54, 1.807) is 0 Å². The zero-order valence-electron chi connectivity index (χ0n) is 10.6. The first kappa shape index (κ1) is 13.2. The number of nitrogens with zero attached hydrogens (tertiary/aromatic N) is 1. The van der Waals surface area contributed by atoms with Crippen molar-refractivity contribution in [3.05, 3.63) is 28.5 Å². The van der Waals surface area contributed by atoms with E-state index in [1.807, 2.05) is 11.5 Å². The number of aromatic nitrogens is 2. The van der Waals surface area contributed by atoms with E-state index in [0.29, 0.717) is 21.7 Å². The van der Waals surface area contributed by atoms with Crippen molar-refractivity contribution in [1.29, 1.82) is 0 Å². The van der Waals surface area contributed by atoms with Crippen LogP contribution in [0.5, 0.6) is 0 Å². The van der Waals surface area contributed by atoms with Crippen LogP contribution in [-0.2, 0) is 0 Å². The summed E-state index contributed by atoms with van der Waals surface area (Å²) >= 11 is 5.25. The molecule has 0 aliphatic heterocycles. The largest absolute Gasteiger partial charge is 0.330 e. The molecule has 2 aromatic rings. The van der Waals surface area contributed by atoms with Gasteiger partial charge < -0.3 is 9.55 Å². The minimum atomic E-state index is -0.859. The number of nitrogens with one attached hydrogen (secondary N) is 1. The van der Waals surface area contributed by atoms with Gasteiger partial charge in [0.25, 0.3) is 0 Å². The van der Waals surface area contributed by atoms with Crippen molar-refractivity contribution >= 4 is 23.3 Å². The van der Waals surface area contributed by atoms with Crippen LogP contribution in [0.4, 0.5) is 8.78 Å². The Labute approximate surface area is 110 Å². The number of hydrogen-bond donors (Lipinski definition) is 1. The minimum absolute atomic E-state index is 0.140. The van der Waals surface area contributed by atoms with Crippen LogP contribution in [0.25, 0.3) is 11.0 Å². The number of aromatic amines is 1. The Morgan fingerprint density at radius 3 is 2.50 bits per heavy atom. The van der Waals surface area contributed by atoms with E-state index in [1.165, 1.54) is 6.07 Å². The van der Waals surface area contributed by atoms with E-state index >= 15 is 0 Å². The standard InChI is InChI=1S/C13H16F2N2S/c1-4-7(2)8(3)17-12-6-10(15)9(14)5-11(12)16-13(17)18/h5-8H,4H2,1-3H3,(H,16,18). The average Bonchev–Trinajstić information content (AvgIpc) is 2.63. The molecule has 2 rings (SSSR count). The topological polar surface area (TPSA) is 20.7 Å². The lowest BCUT2D eigenvalue weighted by atomic mass is 10.0. The molecule has 5 heteroatoms. The molecule has 1 heterocycles. The van der Waals surface area contributed by atoms with Crippen LogP contribution in [0.3, 0.4) is 0 Å². The molecule has 0 aliphatic carbocycles. The molecule has 0 aliphatic rings. The molecule has 98 valence electrons. The summed E-state index contributed by atoms with van der Waals surface area (Å²) in [6.45, 7) is 6.25. The van der Waals surface area contributed by atoms with E-state index < -0.39 is 11.6 Å². The van der Waals surface area contributed by atoms with Crippen molar-refractivity contribution in [3.8, 4) is 0 Å². The zero-order chi connectivity index (χ0) is 13.4. The van der Waals surface area contributed by atoms with Crippen molar-refractivity contribution in [2.75, 3.05) is 0 Å². The maximum atomic E-state index is 13.3. The van der Waals surface area contributed by atoms with E-state index in [4.69, 9.17) is 12.2 Å². The van der Waals surface area contributed by atoms with E-state index in [9.17, 15) is 8.78 Å². The second kappa shape index (κ2) is 4.80. The molecule has 0 fully saturated rings. The van der Waals surface area contributed by atoms with Gasteiger partial charge in [0.1, 0.15) is 0 Å². The number of fused-ring (bicyclic) bond motifs is 1. The zero-order valence-corrected chi connectivity index (χ0v) is 11.4. The maximum Gasteiger partial charge on any atom is 0.178 e. The Morgan fingerprint density at radius 1 is 1.28 bits per heavy atom. The summed E-state index contributed by atoms with van der Waals surface area (Å²) in [6, 6.07) is 2.50. The van der Waals surface area contributed by atoms with Crippen LogP contribution >= 0.6 is 12.2 Å². The first-order valence-corrected chi connectivity index (χ1v) is 6.45. The average molecular weight is 270 g/mol. The van der Waals surface area contributed by atoms with E-state index in [0.717, 1.165) is 12.5 Å². The highest BCUT2D eigenvalue weighted by molar-refractivity contribution is 7.71. The summed E-state index contributed by atoms with van der Waals surface area (Å²) in [5.74, 6) is -1.30. The maximum absolute atomic E-state index is 13.3. The number of rotatable bonds is 3. The van der Waals surface area contributed by atoms with Gasteiger partial charge in [-0.25, -0.2) is 8.78 Å². The molecule has 0 radical (unpaired) electrons. The Kier molecular flexibility index (Phi) is 3.52. The van der Waals surface area contributed by atoms with Crippen LogP contribution in [0.1, 0.15) is 33.2 Å². The van der Waals surface area contributed by atoms with Gasteiger partial charge in [-0.1, -0.05) is 20.3 Å². The van der Waals surface area contributed by atoms with Crippen molar-refractivity contribution in [2.24, 2.45) is 5.92 Å². The van der Waals surface area contributed by atoms with Crippen LogP contribution in [0, 0.1) is 22.3 Å². The molecule has 1 aromatic carbocycles. The Hall–Kier alpha value is -1.23. The first-order chi connectivity index (χ1) is 8.45. The molecule has 18 heavy (non-hydrogen) atoms. The third kappa shape index (κ3) is 2.07. The van der Waals surface area contributed by atoms with Gasteiger partial charge in [0.15, 0.2) is 16.4 Å². The van der Waals surface area contributed by atoms with Crippen molar-refractivity contribution < 1.29 is 8.78 Å². The number of H-pyrrole nitrogens is 1. The quantitative estimate of drug-likeness (QED) is 0.809. The van der Waals surface area contributed by atoms with Gasteiger partial charge in [-0.3, -0.25) is 0 Å². The van der Waals surface area contributed by atoms with Crippen molar-refractivity contribution in [3.63, 3.8) is 0 Å². The van der Waals surface area contributed by atoms with E-state index in [2.05, 4.69) is 18.8 Å². The Bertz CT molecular complexity index is 630. The normalized spacial score (nSPS) is 14.9. The SMILES string of the molecule is CCC(C)C(C)n1c(=S)[nH]c2cc(F)c(F)cc21. The lowest BCUT2D eigenvalue weighted by Gasteiger charge is -2.20. The monoisotopic (exact) mass is 270 g/mol. The molecule has 2 unspecified atom stereocenters. The second-order valence-corrected chi connectivity index (χ2v) is 5.10. The van der Waals surface area contributed by atoms with Gasteiger partial charge in [0, 0.05) is 18.2 Å². The molecule has 2 nitrogen and oxygen atoms in total. The molecule has 0 saturated heterocycles. The van der Waals surface area contributed by atoms with Crippen molar-refractivity contribution in [1.82, 2.24) is 9.55 Å². The van der Waals surface area contributed by atoms with Crippen LogP contribution < -0.4 is 0 Å². The fraction of sp³-hybridized carbons (Fsp3) is 0.462. The van der Waals surface area contributed by atoms with Gasteiger partial charge >= 0.3 is 0 Å². The van der Waals surface area contributed by atoms with Crippen LogP contribution in [0.2, 0.25) is 0 Å². The highest BCUT2D eigenvalue weighted by atomic mass is 32.1. The van der Waals surface area contributed by atoms with Crippen LogP contribution in [-0.4, -0.2) is 9.55 Å². The summed E-state index contributed by atoms with van der Waals surface area (Å²) in [5.41, 5.74) is 1.15. The van der Waals surface area contributed by atoms with Gasteiger partial charge in [-0.2, -0.15) is 0 Å².